The number of carbonyl (C=O) groups is 2. The van der Waals surface area contributed by atoms with Crippen LogP contribution in [0.5, 0.6) is 5.75 Å². The molecule has 0 unspecified atom stereocenters. The predicted octanol–water partition coefficient (Wildman–Crippen LogP) is 3.80. The van der Waals surface area contributed by atoms with Crippen molar-refractivity contribution in [3.63, 3.8) is 0 Å². The van der Waals surface area contributed by atoms with Crippen LogP contribution in [-0.4, -0.2) is 54.1 Å². The highest BCUT2D eigenvalue weighted by molar-refractivity contribution is 6.07. The molecule has 2 saturated heterocycles. The van der Waals surface area contributed by atoms with Crippen molar-refractivity contribution in [2.45, 2.75) is 63.8 Å². The van der Waals surface area contributed by atoms with E-state index in [9.17, 15) is 9.59 Å². The first-order valence-corrected chi connectivity index (χ1v) is 11.5. The van der Waals surface area contributed by atoms with Crippen LogP contribution in [0.15, 0.2) is 24.3 Å². The van der Waals surface area contributed by atoms with Crippen molar-refractivity contribution in [2.24, 2.45) is 11.8 Å². The van der Waals surface area contributed by atoms with Crippen LogP contribution in [0.4, 0.5) is 4.79 Å². The summed E-state index contributed by atoms with van der Waals surface area (Å²) < 4.78 is 5.22. The SMILES string of the molecule is COc1ccc(CCC2CCN(CN3C(=O)NC4(CCC(C)CC4)C3=O)CC2)cc1. The quantitative estimate of drug-likeness (QED) is 0.721. The summed E-state index contributed by atoms with van der Waals surface area (Å²) in [6.07, 6.45) is 8.11. The van der Waals surface area contributed by atoms with Gasteiger partial charge in [-0.05, 0) is 80.9 Å². The lowest BCUT2D eigenvalue weighted by Crippen LogP contribution is -2.50. The number of nitrogens with one attached hydrogen (secondary N) is 1. The van der Waals surface area contributed by atoms with Gasteiger partial charge < -0.3 is 10.1 Å². The molecule has 6 nitrogen and oxygen atoms in total. The summed E-state index contributed by atoms with van der Waals surface area (Å²) in [6.45, 7) is 4.57. The number of amides is 3. The normalized spacial score (nSPS) is 28.2. The summed E-state index contributed by atoms with van der Waals surface area (Å²) in [5.41, 5.74) is 0.727. The lowest BCUT2D eigenvalue weighted by atomic mass is 9.77. The highest BCUT2D eigenvalue weighted by atomic mass is 16.5. The third-order valence-electron chi connectivity index (χ3n) is 7.42. The number of nitrogens with zero attached hydrogens (tertiary/aromatic N) is 2. The monoisotopic (exact) mass is 413 g/mol. The molecule has 1 aliphatic carbocycles. The largest absolute Gasteiger partial charge is 0.497 e. The van der Waals surface area contributed by atoms with E-state index in [4.69, 9.17) is 4.74 Å². The van der Waals surface area contributed by atoms with Gasteiger partial charge in [0.05, 0.1) is 13.8 Å². The third-order valence-corrected chi connectivity index (χ3v) is 7.42. The molecule has 3 amide bonds. The topological polar surface area (TPSA) is 61.9 Å². The van der Waals surface area contributed by atoms with Gasteiger partial charge in [-0.3, -0.25) is 9.69 Å². The standard InChI is InChI=1S/C24H35N3O3/c1-18-9-13-24(14-10-18)22(28)27(23(29)25-24)17-26-15-11-20(12-16-26)4-3-19-5-7-21(30-2)8-6-19/h5-8,18,20H,3-4,9-17H2,1-2H3,(H,25,29). The third kappa shape index (κ3) is 4.48. The van der Waals surface area contributed by atoms with Crippen LogP contribution in [0.1, 0.15) is 57.4 Å². The van der Waals surface area contributed by atoms with Gasteiger partial charge in [-0.1, -0.05) is 19.1 Å². The average Bonchev–Trinajstić information content (AvgIpc) is 3.00. The number of piperidine rings is 1. The van der Waals surface area contributed by atoms with Crippen molar-refractivity contribution in [3.8, 4) is 5.75 Å². The van der Waals surface area contributed by atoms with E-state index in [1.54, 1.807) is 7.11 Å². The van der Waals surface area contributed by atoms with Gasteiger partial charge in [-0.15, -0.1) is 0 Å². The maximum Gasteiger partial charge on any atom is 0.326 e. The van der Waals surface area contributed by atoms with Crippen molar-refractivity contribution < 1.29 is 14.3 Å². The number of hydrogen-bond acceptors (Lipinski definition) is 4. The highest BCUT2D eigenvalue weighted by Crippen LogP contribution is 2.36. The molecule has 164 valence electrons. The molecule has 4 rings (SSSR count). The predicted molar refractivity (Wildman–Crippen MR) is 116 cm³/mol. The van der Waals surface area contributed by atoms with E-state index < -0.39 is 5.54 Å². The Morgan fingerprint density at radius 2 is 1.73 bits per heavy atom. The second kappa shape index (κ2) is 8.96. The van der Waals surface area contributed by atoms with Crippen LogP contribution < -0.4 is 10.1 Å². The molecule has 0 atom stereocenters. The molecular formula is C24H35N3O3. The van der Waals surface area contributed by atoms with Gasteiger partial charge in [-0.2, -0.15) is 0 Å². The van der Waals surface area contributed by atoms with Crippen LogP contribution in [0.3, 0.4) is 0 Å². The number of imide groups is 1. The van der Waals surface area contributed by atoms with Crippen LogP contribution in [0, 0.1) is 11.8 Å². The van der Waals surface area contributed by atoms with E-state index >= 15 is 0 Å². The Morgan fingerprint density at radius 1 is 1.07 bits per heavy atom. The molecule has 1 saturated carbocycles. The molecule has 2 aliphatic heterocycles. The summed E-state index contributed by atoms with van der Waals surface area (Å²) in [5, 5.41) is 3.04. The fourth-order valence-electron chi connectivity index (χ4n) is 5.18. The van der Waals surface area contributed by atoms with Crippen LogP contribution in [-0.2, 0) is 11.2 Å². The number of urea groups is 1. The fraction of sp³-hybridized carbons (Fsp3) is 0.667. The zero-order chi connectivity index (χ0) is 21.1. The molecule has 1 spiro atoms. The van der Waals surface area contributed by atoms with Crippen molar-refractivity contribution in [1.82, 2.24) is 15.1 Å². The van der Waals surface area contributed by atoms with Gasteiger partial charge in [0, 0.05) is 13.1 Å². The number of aryl methyl sites for hydroxylation is 1. The Hall–Kier alpha value is -2.08. The van der Waals surface area contributed by atoms with E-state index in [0.717, 1.165) is 63.8 Å². The second-order valence-electron chi connectivity index (χ2n) is 9.52. The van der Waals surface area contributed by atoms with Crippen molar-refractivity contribution in [1.29, 1.82) is 0 Å². The van der Waals surface area contributed by atoms with Gasteiger partial charge in [0.25, 0.3) is 5.91 Å². The zero-order valence-corrected chi connectivity index (χ0v) is 18.4. The summed E-state index contributed by atoms with van der Waals surface area (Å²) >= 11 is 0. The van der Waals surface area contributed by atoms with Gasteiger partial charge in [0.2, 0.25) is 0 Å². The number of carbonyl (C=O) groups excluding carboxylic acids is 2. The highest BCUT2D eigenvalue weighted by Gasteiger charge is 2.52. The number of ether oxygens (including phenoxy) is 1. The van der Waals surface area contributed by atoms with Gasteiger partial charge in [0.1, 0.15) is 11.3 Å². The van der Waals surface area contributed by atoms with Crippen molar-refractivity contribution in [3.05, 3.63) is 29.8 Å². The van der Waals surface area contributed by atoms with Crippen LogP contribution in [0.2, 0.25) is 0 Å². The van der Waals surface area contributed by atoms with Crippen LogP contribution in [0.25, 0.3) is 0 Å². The molecular weight excluding hydrogens is 378 g/mol. The van der Waals surface area contributed by atoms with Crippen molar-refractivity contribution in [2.75, 3.05) is 26.9 Å². The molecule has 2 heterocycles. The number of hydrogen-bond donors (Lipinski definition) is 1. The first-order chi connectivity index (χ1) is 14.5. The lowest BCUT2D eigenvalue weighted by Gasteiger charge is -2.35. The summed E-state index contributed by atoms with van der Waals surface area (Å²) in [6, 6.07) is 8.14. The van der Waals surface area contributed by atoms with Crippen LogP contribution >= 0.6 is 0 Å². The average molecular weight is 414 g/mol. The fourth-order valence-corrected chi connectivity index (χ4v) is 5.18. The Balaban J connectivity index is 1.23. The Bertz CT molecular complexity index is 747. The molecule has 30 heavy (non-hydrogen) atoms. The van der Waals surface area contributed by atoms with Gasteiger partial charge in [0.15, 0.2) is 0 Å². The Labute approximate surface area is 179 Å². The molecule has 0 aromatic heterocycles. The lowest BCUT2D eigenvalue weighted by molar-refractivity contribution is -0.134. The molecule has 3 fully saturated rings. The molecule has 3 aliphatic rings. The molecule has 1 N–H and O–H groups in total. The minimum atomic E-state index is -0.625. The van der Waals surface area contributed by atoms with E-state index in [1.165, 1.54) is 16.9 Å². The van der Waals surface area contributed by atoms with E-state index in [0.29, 0.717) is 18.5 Å². The Morgan fingerprint density at radius 3 is 2.37 bits per heavy atom. The molecule has 0 bridgehead atoms. The van der Waals surface area contributed by atoms with Gasteiger partial charge in [-0.25, -0.2) is 9.69 Å². The maximum atomic E-state index is 13.0. The summed E-state index contributed by atoms with van der Waals surface area (Å²) in [5.74, 6) is 2.25. The summed E-state index contributed by atoms with van der Waals surface area (Å²) in [7, 11) is 1.69. The minimum Gasteiger partial charge on any atom is -0.497 e. The second-order valence-corrected chi connectivity index (χ2v) is 9.52. The zero-order valence-electron chi connectivity index (χ0n) is 18.4. The minimum absolute atomic E-state index is 0.000953. The molecule has 1 aromatic carbocycles. The number of benzene rings is 1. The number of likely N-dealkylation sites (tertiary alicyclic amines) is 1. The maximum absolute atomic E-state index is 13.0. The number of methoxy groups -OCH3 is 1. The first kappa shape index (κ1) is 21.2. The van der Waals surface area contributed by atoms with Crippen molar-refractivity contribution >= 4 is 11.9 Å². The van der Waals surface area contributed by atoms with E-state index in [1.807, 2.05) is 12.1 Å². The molecule has 0 radical (unpaired) electrons. The molecule has 1 aromatic rings. The smallest absolute Gasteiger partial charge is 0.326 e. The van der Waals surface area contributed by atoms with E-state index in [-0.39, 0.29) is 11.9 Å². The first-order valence-electron chi connectivity index (χ1n) is 11.5. The molecule has 6 heteroatoms. The number of rotatable bonds is 6. The summed E-state index contributed by atoms with van der Waals surface area (Å²) in [4.78, 5) is 29.3. The Kier molecular flexibility index (Phi) is 6.32. The van der Waals surface area contributed by atoms with E-state index in [2.05, 4.69) is 29.3 Å². The van der Waals surface area contributed by atoms with Gasteiger partial charge >= 0.3 is 6.03 Å².